The summed E-state index contributed by atoms with van der Waals surface area (Å²) in [7, 11) is 0. The quantitative estimate of drug-likeness (QED) is 0.515. The molecule has 0 radical (unpaired) electrons. The maximum absolute atomic E-state index is 13.5. The van der Waals surface area contributed by atoms with Gasteiger partial charge in [-0.25, -0.2) is 13.6 Å². The summed E-state index contributed by atoms with van der Waals surface area (Å²) in [6.45, 7) is 1.48. The van der Waals surface area contributed by atoms with Gasteiger partial charge in [-0.1, -0.05) is 55.5 Å². The van der Waals surface area contributed by atoms with Gasteiger partial charge in [0.05, 0.1) is 5.92 Å². The largest absolute Gasteiger partial charge is 0.481 e. The van der Waals surface area contributed by atoms with Gasteiger partial charge >= 0.3 is 12.1 Å². The molecule has 0 aliphatic heterocycles. The molecule has 3 atom stereocenters. The van der Waals surface area contributed by atoms with Crippen LogP contribution >= 0.6 is 0 Å². The topological polar surface area (TPSA) is 105 Å². The molecule has 0 saturated heterocycles. The fourth-order valence-corrected chi connectivity index (χ4v) is 4.60. The van der Waals surface area contributed by atoms with Gasteiger partial charge in [0.25, 0.3) is 5.92 Å². The van der Waals surface area contributed by atoms with Crippen LogP contribution in [0, 0.1) is 11.8 Å². The molecule has 2 aliphatic rings. The first-order valence-electron chi connectivity index (χ1n) is 11.2. The van der Waals surface area contributed by atoms with Crippen molar-refractivity contribution < 1.29 is 33.0 Å². The highest BCUT2D eigenvalue weighted by Gasteiger charge is 2.72. The number of rotatable bonds is 9. The third-order valence-corrected chi connectivity index (χ3v) is 6.58. The number of carbonyl (C=O) groups is 3. The summed E-state index contributed by atoms with van der Waals surface area (Å²) < 4.78 is 32.4. The van der Waals surface area contributed by atoms with Crippen LogP contribution in [0.3, 0.4) is 0 Å². The number of carbonyl (C=O) groups excluding carboxylic acids is 2. The van der Waals surface area contributed by atoms with Crippen molar-refractivity contribution in [1.29, 1.82) is 0 Å². The number of fused-ring (bicyclic) bond motifs is 3. The first-order valence-corrected chi connectivity index (χ1v) is 11.2. The van der Waals surface area contributed by atoms with Crippen LogP contribution in [-0.4, -0.2) is 48.2 Å². The van der Waals surface area contributed by atoms with Crippen molar-refractivity contribution in [3.63, 3.8) is 0 Å². The van der Waals surface area contributed by atoms with E-state index in [-0.39, 0.29) is 18.9 Å². The summed E-state index contributed by atoms with van der Waals surface area (Å²) in [5.41, 5.74) is 4.39. The van der Waals surface area contributed by atoms with E-state index in [0.717, 1.165) is 22.3 Å². The third kappa shape index (κ3) is 4.60. The average Bonchev–Trinajstić information content (AvgIpc) is 3.23. The molecule has 0 spiro atoms. The molecule has 2 aromatic carbocycles. The number of carboxylic acid groups (broad SMARTS) is 1. The van der Waals surface area contributed by atoms with Gasteiger partial charge in [-0.3, -0.25) is 9.59 Å². The van der Waals surface area contributed by atoms with E-state index in [1.54, 1.807) is 6.92 Å². The molecule has 0 aromatic heterocycles. The maximum atomic E-state index is 13.5. The molecule has 0 heterocycles. The highest BCUT2D eigenvalue weighted by atomic mass is 19.3. The molecule has 1 saturated carbocycles. The Bertz CT molecular complexity index is 1060. The Morgan fingerprint density at radius 1 is 1.06 bits per heavy atom. The molecule has 0 bridgehead atoms. The van der Waals surface area contributed by atoms with Gasteiger partial charge < -0.3 is 20.5 Å². The lowest BCUT2D eigenvalue weighted by Crippen LogP contribution is -2.40. The van der Waals surface area contributed by atoms with E-state index in [1.807, 2.05) is 48.5 Å². The van der Waals surface area contributed by atoms with Crippen LogP contribution in [0.25, 0.3) is 11.1 Å². The Kier molecular flexibility index (Phi) is 6.54. The fourth-order valence-electron chi connectivity index (χ4n) is 4.60. The van der Waals surface area contributed by atoms with E-state index >= 15 is 0 Å². The minimum Gasteiger partial charge on any atom is -0.481 e. The maximum Gasteiger partial charge on any atom is 0.407 e. The molecule has 9 heteroatoms. The Labute approximate surface area is 195 Å². The second kappa shape index (κ2) is 9.40. The van der Waals surface area contributed by atoms with Crippen molar-refractivity contribution in [3.8, 4) is 11.1 Å². The van der Waals surface area contributed by atoms with Crippen LogP contribution in [0.2, 0.25) is 0 Å². The molecule has 7 nitrogen and oxygen atoms in total. The summed E-state index contributed by atoms with van der Waals surface area (Å²) in [6.07, 6.45) is -0.368. The Morgan fingerprint density at radius 2 is 1.65 bits per heavy atom. The van der Waals surface area contributed by atoms with Gasteiger partial charge in [-0.15, -0.1) is 0 Å². The molecule has 1 unspecified atom stereocenters. The zero-order chi connectivity index (χ0) is 24.5. The smallest absolute Gasteiger partial charge is 0.407 e. The zero-order valence-electron chi connectivity index (χ0n) is 18.6. The van der Waals surface area contributed by atoms with Crippen molar-refractivity contribution >= 4 is 18.0 Å². The Balaban J connectivity index is 1.27. The minimum absolute atomic E-state index is 0.0936. The SMILES string of the molecule is CCC(CC(=O)NC[C@@H]1[C@H](C(=O)O)C1(F)F)NC(=O)OCC1c2ccccc2-c2ccccc21. The Morgan fingerprint density at radius 3 is 2.18 bits per heavy atom. The Hall–Kier alpha value is -3.49. The molecule has 180 valence electrons. The standard InChI is InChI=1S/C25H26F2N2O5/c1-2-14(11-21(30)28-12-20-22(23(31)32)25(20,26)27)29-24(33)34-13-19-17-9-5-3-7-15(17)16-8-4-6-10-18(16)19/h3-10,14,19-20,22H,2,11-13H2,1H3,(H,28,30)(H,29,33)(H,31,32)/t14?,20-,22-/m1/s1. The number of aliphatic carboxylic acids is 1. The van der Waals surface area contributed by atoms with Crippen molar-refractivity contribution in [2.24, 2.45) is 11.8 Å². The average molecular weight is 472 g/mol. The lowest BCUT2D eigenvalue weighted by molar-refractivity contribution is -0.141. The molecule has 2 amide bonds. The van der Waals surface area contributed by atoms with E-state index in [2.05, 4.69) is 10.6 Å². The van der Waals surface area contributed by atoms with Crippen molar-refractivity contribution in [1.82, 2.24) is 10.6 Å². The molecule has 3 N–H and O–H groups in total. The molecule has 2 aromatic rings. The summed E-state index contributed by atoms with van der Waals surface area (Å²) in [5.74, 6) is -8.71. The summed E-state index contributed by atoms with van der Waals surface area (Å²) in [4.78, 5) is 35.4. The van der Waals surface area contributed by atoms with Crippen molar-refractivity contribution in [2.75, 3.05) is 13.2 Å². The number of halogens is 2. The summed E-state index contributed by atoms with van der Waals surface area (Å²) in [6, 6.07) is 15.4. The minimum atomic E-state index is -3.32. The lowest BCUT2D eigenvalue weighted by Gasteiger charge is -2.19. The van der Waals surface area contributed by atoms with E-state index < -0.39 is 48.3 Å². The van der Waals surface area contributed by atoms with E-state index in [4.69, 9.17) is 9.84 Å². The summed E-state index contributed by atoms with van der Waals surface area (Å²) >= 11 is 0. The van der Waals surface area contributed by atoms with E-state index in [1.165, 1.54) is 0 Å². The van der Waals surface area contributed by atoms with Gasteiger partial charge in [0.2, 0.25) is 5.91 Å². The molecule has 4 rings (SSSR count). The highest BCUT2D eigenvalue weighted by Crippen LogP contribution is 2.54. The second-order valence-corrected chi connectivity index (χ2v) is 8.68. The molecular formula is C25H26F2N2O5. The number of alkyl halides is 2. The zero-order valence-corrected chi connectivity index (χ0v) is 18.6. The number of hydrogen-bond acceptors (Lipinski definition) is 4. The van der Waals surface area contributed by atoms with Gasteiger partial charge in [0.1, 0.15) is 12.5 Å². The molecule has 1 fully saturated rings. The van der Waals surface area contributed by atoms with Crippen LogP contribution in [-0.2, 0) is 14.3 Å². The number of nitrogens with one attached hydrogen (secondary N) is 2. The van der Waals surface area contributed by atoms with Crippen molar-refractivity contribution in [2.45, 2.75) is 37.6 Å². The predicted octanol–water partition coefficient (Wildman–Crippen LogP) is 3.78. The van der Waals surface area contributed by atoms with Gasteiger partial charge in [0, 0.05) is 24.9 Å². The number of carboxylic acids is 1. The van der Waals surface area contributed by atoms with Crippen LogP contribution in [0.1, 0.15) is 36.8 Å². The van der Waals surface area contributed by atoms with Gasteiger partial charge in [-0.2, -0.15) is 0 Å². The van der Waals surface area contributed by atoms with Gasteiger partial charge in [0.15, 0.2) is 0 Å². The van der Waals surface area contributed by atoms with E-state index in [9.17, 15) is 23.2 Å². The number of amides is 2. The number of benzene rings is 2. The predicted molar refractivity (Wildman–Crippen MR) is 119 cm³/mol. The van der Waals surface area contributed by atoms with Gasteiger partial charge in [-0.05, 0) is 28.7 Å². The second-order valence-electron chi connectivity index (χ2n) is 8.68. The molecular weight excluding hydrogens is 446 g/mol. The first kappa shape index (κ1) is 23.7. The highest BCUT2D eigenvalue weighted by molar-refractivity contribution is 5.80. The number of alkyl carbamates (subject to hydrolysis) is 1. The van der Waals surface area contributed by atoms with Crippen LogP contribution in [0.15, 0.2) is 48.5 Å². The van der Waals surface area contributed by atoms with Crippen molar-refractivity contribution in [3.05, 3.63) is 59.7 Å². The molecule has 2 aliphatic carbocycles. The monoisotopic (exact) mass is 472 g/mol. The lowest BCUT2D eigenvalue weighted by atomic mass is 9.98. The third-order valence-electron chi connectivity index (χ3n) is 6.58. The number of ether oxygens (including phenoxy) is 1. The first-order chi connectivity index (χ1) is 16.2. The number of hydrogen-bond donors (Lipinski definition) is 3. The normalized spacial score (nSPS) is 20.6. The van der Waals surface area contributed by atoms with Crippen LogP contribution < -0.4 is 10.6 Å². The fraction of sp³-hybridized carbons (Fsp3) is 0.400. The van der Waals surface area contributed by atoms with Crippen LogP contribution in [0.4, 0.5) is 13.6 Å². The van der Waals surface area contributed by atoms with E-state index in [0.29, 0.717) is 6.42 Å². The summed E-state index contributed by atoms with van der Waals surface area (Å²) in [5, 5.41) is 13.8. The van der Waals surface area contributed by atoms with Crippen LogP contribution in [0.5, 0.6) is 0 Å². The molecule has 34 heavy (non-hydrogen) atoms.